The molecule has 0 unspecified atom stereocenters. The number of aromatic nitrogens is 2. The summed E-state index contributed by atoms with van der Waals surface area (Å²) in [5, 5.41) is 0.256. The van der Waals surface area contributed by atoms with Crippen LogP contribution in [0.3, 0.4) is 0 Å². The number of rotatable bonds is 4. The first-order chi connectivity index (χ1) is 9.29. The summed E-state index contributed by atoms with van der Waals surface area (Å²) >= 11 is 5.95. The monoisotopic (exact) mass is 320 g/mol. The topological polar surface area (TPSA) is 98.4 Å². The molecule has 0 aromatic carbocycles. The van der Waals surface area contributed by atoms with E-state index in [1.807, 2.05) is 0 Å². The Bertz CT molecular complexity index is 595. The summed E-state index contributed by atoms with van der Waals surface area (Å²) in [5.41, 5.74) is 5.50. The summed E-state index contributed by atoms with van der Waals surface area (Å²) in [6, 6.07) is -0.225. The van der Waals surface area contributed by atoms with Gasteiger partial charge in [0.2, 0.25) is 21.9 Å². The third-order valence-electron chi connectivity index (χ3n) is 3.40. The van der Waals surface area contributed by atoms with E-state index in [2.05, 4.69) is 9.97 Å². The van der Waals surface area contributed by atoms with Gasteiger partial charge >= 0.3 is 0 Å². The number of hydrogen-bond acceptors (Lipinski definition) is 6. The van der Waals surface area contributed by atoms with Crippen molar-refractivity contribution in [2.75, 3.05) is 19.0 Å². The number of sulfonamides is 1. The van der Waals surface area contributed by atoms with Crippen LogP contribution in [-0.2, 0) is 10.0 Å². The lowest BCUT2D eigenvalue weighted by atomic mass is 10.2. The second kappa shape index (κ2) is 5.71. The lowest BCUT2D eigenvalue weighted by molar-refractivity contribution is 0.140. The summed E-state index contributed by atoms with van der Waals surface area (Å²) in [7, 11) is -1.71. The van der Waals surface area contributed by atoms with Crippen LogP contribution in [0.15, 0.2) is 6.20 Å². The molecular formula is C11H17ClN4O3S. The summed E-state index contributed by atoms with van der Waals surface area (Å²) in [6.07, 6.45) is 4.62. The van der Waals surface area contributed by atoms with Gasteiger partial charge in [0.1, 0.15) is 11.1 Å². The predicted octanol–water partition coefficient (Wildman–Crippen LogP) is 0.904. The number of ether oxygens (including phenoxy) is 1. The molecule has 0 bridgehead atoms. The Morgan fingerprint density at radius 1 is 1.50 bits per heavy atom. The molecule has 1 aromatic heterocycles. The molecule has 0 spiro atoms. The fourth-order valence-electron chi connectivity index (χ4n) is 2.30. The van der Waals surface area contributed by atoms with Crippen molar-refractivity contribution in [1.29, 1.82) is 0 Å². The first-order valence-corrected chi connectivity index (χ1v) is 8.39. The highest BCUT2D eigenvalue weighted by atomic mass is 35.5. The first kappa shape index (κ1) is 15.3. The smallest absolute Gasteiger partial charge is 0.237 e. The molecule has 1 aliphatic rings. The van der Waals surface area contributed by atoms with Crippen LogP contribution in [0.1, 0.15) is 19.3 Å². The van der Waals surface area contributed by atoms with E-state index in [4.69, 9.17) is 22.1 Å². The van der Waals surface area contributed by atoms with Gasteiger partial charge in [-0.25, -0.2) is 13.4 Å². The number of hydrogen-bond donors (Lipinski definition) is 1. The summed E-state index contributed by atoms with van der Waals surface area (Å²) in [6.45, 7) is 0. The fraction of sp³-hybridized carbons (Fsp3) is 0.636. The Morgan fingerprint density at radius 3 is 2.85 bits per heavy atom. The van der Waals surface area contributed by atoms with Crippen molar-refractivity contribution in [2.24, 2.45) is 0 Å². The highest BCUT2D eigenvalue weighted by Gasteiger charge is 2.36. The van der Waals surface area contributed by atoms with Crippen molar-refractivity contribution in [1.82, 2.24) is 14.3 Å². The van der Waals surface area contributed by atoms with Crippen LogP contribution in [0.25, 0.3) is 0 Å². The number of nitrogen functional groups attached to an aromatic ring is 1. The minimum absolute atomic E-state index is 0.0652. The third kappa shape index (κ3) is 3.31. The molecule has 0 aliphatic heterocycles. The molecule has 2 N–H and O–H groups in total. The normalized spacial score (nSPS) is 23.2. The van der Waals surface area contributed by atoms with Crippen molar-refractivity contribution >= 4 is 27.6 Å². The van der Waals surface area contributed by atoms with Crippen LogP contribution in [0.4, 0.5) is 5.95 Å². The molecule has 0 amide bonds. The van der Waals surface area contributed by atoms with Crippen LogP contribution < -0.4 is 10.5 Å². The van der Waals surface area contributed by atoms with Crippen LogP contribution in [0, 0.1) is 0 Å². The predicted molar refractivity (Wildman–Crippen MR) is 76.1 cm³/mol. The van der Waals surface area contributed by atoms with Gasteiger partial charge in [-0.2, -0.15) is 9.29 Å². The highest BCUT2D eigenvalue weighted by molar-refractivity contribution is 7.88. The number of anilines is 1. The van der Waals surface area contributed by atoms with E-state index in [0.29, 0.717) is 0 Å². The van der Waals surface area contributed by atoms with Gasteiger partial charge in [0.25, 0.3) is 0 Å². The Balaban J connectivity index is 2.18. The maximum Gasteiger partial charge on any atom is 0.237 e. The van der Waals surface area contributed by atoms with Gasteiger partial charge in [-0.05, 0) is 19.3 Å². The van der Waals surface area contributed by atoms with Gasteiger partial charge in [0.15, 0.2) is 0 Å². The number of nitrogens with two attached hydrogens (primary N) is 1. The molecule has 0 saturated heterocycles. The van der Waals surface area contributed by atoms with E-state index >= 15 is 0 Å². The second-order valence-electron chi connectivity index (χ2n) is 4.82. The lowest BCUT2D eigenvalue weighted by Crippen LogP contribution is -2.43. The van der Waals surface area contributed by atoms with Gasteiger partial charge in [-0.15, -0.1) is 0 Å². The van der Waals surface area contributed by atoms with Crippen LogP contribution in [0.2, 0.25) is 5.02 Å². The molecule has 1 saturated carbocycles. The molecule has 0 radical (unpaired) electrons. The van der Waals surface area contributed by atoms with E-state index in [1.54, 1.807) is 7.05 Å². The minimum atomic E-state index is -3.27. The molecule has 9 heteroatoms. The standard InChI is InChI=1S/C11H17ClN4O3S/c1-16(20(2,17)18)8-4-3-5-9(8)19-10-7(12)6-14-11(13)15-10/h6,8-9H,3-5H2,1-2H3,(H2,13,14,15)/t8-,9-/m1/s1. The summed E-state index contributed by atoms with van der Waals surface area (Å²) in [5.74, 6) is 0.258. The Hall–Kier alpha value is -1.12. The van der Waals surface area contributed by atoms with Crippen molar-refractivity contribution in [3.05, 3.63) is 11.2 Å². The number of likely N-dealkylation sites (N-methyl/N-ethyl adjacent to an activating group) is 1. The number of halogens is 1. The van der Waals surface area contributed by atoms with Crippen molar-refractivity contribution < 1.29 is 13.2 Å². The van der Waals surface area contributed by atoms with E-state index < -0.39 is 10.0 Å². The van der Waals surface area contributed by atoms with Gasteiger partial charge in [0.05, 0.1) is 18.5 Å². The molecule has 2 atom stereocenters. The fourth-order valence-corrected chi connectivity index (χ4v) is 3.16. The Kier molecular flexibility index (Phi) is 4.36. The first-order valence-electron chi connectivity index (χ1n) is 6.16. The quantitative estimate of drug-likeness (QED) is 0.885. The third-order valence-corrected chi connectivity index (χ3v) is 4.98. The molecule has 20 heavy (non-hydrogen) atoms. The summed E-state index contributed by atoms with van der Waals surface area (Å²) in [4.78, 5) is 7.69. The Labute approximate surface area is 123 Å². The van der Waals surface area contributed by atoms with E-state index in [9.17, 15) is 8.42 Å². The second-order valence-corrected chi connectivity index (χ2v) is 7.26. The van der Waals surface area contributed by atoms with Gasteiger partial charge in [-0.1, -0.05) is 11.6 Å². The van der Waals surface area contributed by atoms with Gasteiger partial charge < -0.3 is 10.5 Å². The zero-order valence-corrected chi connectivity index (χ0v) is 12.9. The largest absolute Gasteiger partial charge is 0.471 e. The Morgan fingerprint density at radius 2 is 2.20 bits per heavy atom. The molecule has 2 rings (SSSR count). The molecule has 7 nitrogen and oxygen atoms in total. The molecule has 1 aliphatic carbocycles. The van der Waals surface area contributed by atoms with Crippen molar-refractivity contribution in [3.8, 4) is 5.88 Å². The van der Waals surface area contributed by atoms with Crippen LogP contribution in [-0.4, -0.2) is 48.1 Å². The molecule has 112 valence electrons. The van der Waals surface area contributed by atoms with Crippen molar-refractivity contribution in [3.63, 3.8) is 0 Å². The molecule has 1 heterocycles. The maximum atomic E-state index is 11.6. The molecule has 1 aromatic rings. The molecule has 1 fully saturated rings. The average Bonchev–Trinajstić information content (AvgIpc) is 2.79. The number of nitrogens with zero attached hydrogens (tertiary/aromatic N) is 3. The van der Waals surface area contributed by atoms with Crippen LogP contribution >= 0.6 is 11.6 Å². The van der Waals surface area contributed by atoms with E-state index in [1.165, 1.54) is 16.8 Å². The van der Waals surface area contributed by atoms with E-state index in [0.717, 1.165) is 19.3 Å². The van der Waals surface area contributed by atoms with Gasteiger partial charge in [-0.3, -0.25) is 0 Å². The van der Waals surface area contributed by atoms with Gasteiger partial charge in [0, 0.05) is 7.05 Å². The minimum Gasteiger partial charge on any atom is -0.471 e. The molecular weight excluding hydrogens is 304 g/mol. The van der Waals surface area contributed by atoms with E-state index in [-0.39, 0.29) is 29.0 Å². The zero-order valence-electron chi connectivity index (χ0n) is 11.3. The SMILES string of the molecule is CN([C@@H]1CCC[C@H]1Oc1nc(N)ncc1Cl)S(C)(=O)=O. The maximum absolute atomic E-state index is 11.6. The zero-order chi connectivity index (χ0) is 14.9. The lowest BCUT2D eigenvalue weighted by Gasteiger charge is -2.27. The van der Waals surface area contributed by atoms with Crippen molar-refractivity contribution in [2.45, 2.75) is 31.4 Å². The highest BCUT2D eigenvalue weighted by Crippen LogP contribution is 2.31. The van der Waals surface area contributed by atoms with Crippen LogP contribution in [0.5, 0.6) is 5.88 Å². The average molecular weight is 321 g/mol. The summed E-state index contributed by atoms with van der Waals surface area (Å²) < 4.78 is 30.4.